The van der Waals surface area contributed by atoms with Crippen molar-refractivity contribution in [1.82, 2.24) is 4.98 Å². The van der Waals surface area contributed by atoms with Crippen LogP contribution in [0.5, 0.6) is 5.75 Å². The number of non-ortho nitro benzene ring substituents is 1. The highest BCUT2D eigenvalue weighted by molar-refractivity contribution is 7.22. The van der Waals surface area contributed by atoms with Gasteiger partial charge in [-0.2, -0.15) is 10.1 Å². The lowest BCUT2D eigenvalue weighted by atomic mass is 10.2. The summed E-state index contributed by atoms with van der Waals surface area (Å²) in [4.78, 5) is 30.4. The van der Waals surface area contributed by atoms with E-state index in [0.29, 0.717) is 27.5 Å². The second-order valence-electron chi connectivity index (χ2n) is 7.48. The number of carbonyl (C=O) groups excluding carboxylic acids is 1. The van der Waals surface area contributed by atoms with E-state index in [2.05, 4.69) is 10.1 Å². The molecule has 0 saturated heterocycles. The fourth-order valence-corrected chi connectivity index (χ4v) is 4.08. The number of benzene rings is 3. The summed E-state index contributed by atoms with van der Waals surface area (Å²) in [5.41, 5.74) is 2.71. The van der Waals surface area contributed by atoms with Crippen LogP contribution in [0.1, 0.15) is 15.9 Å². The van der Waals surface area contributed by atoms with Crippen LogP contribution in [-0.2, 0) is 0 Å². The Morgan fingerprint density at radius 1 is 1.09 bits per heavy atom. The number of methoxy groups -OCH3 is 1. The standard InChI is InChI=1S/C24H21N5O4S/c1-27(2)18-10-6-17(7-11-18)23(30)28(25-15-16-4-8-19(9-5-16)29(31)32)24-26-21-13-12-20(33-3)14-22(21)34-24/h4-15H,1-3H3/b25-15+. The quantitative estimate of drug-likeness (QED) is 0.213. The number of nitro benzene ring substituents is 1. The number of nitrogens with zero attached hydrogens (tertiary/aromatic N) is 5. The molecule has 1 heterocycles. The zero-order valence-electron chi connectivity index (χ0n) is 18.7. The van der Waals surface area contributed by atoms with Crippen molar-refractivity contribution in [3.8, 4) is 5.75 Å². The zero-order valence-corrected chi connectivity index (χ0v) is 19.5. The molecule has 10 heteroatoms. The van der Waals surface area contributed by atoms with E-state index < -0.39 is 4.92 Å². The number of nitro groups is 1. The van der Waals surface area contributed by atoms with Gasteiger partial charge in [0, 0.05) is 37.5 Å². The van der Waals surface area contributed by atoms with Gasteiger partial charge in [0.25, 0.3) is 11.6 Å². The highest BCUT2D eigenvalue weighted by atomic mass is 32.1. The number of hydrogen-bond acceptors (Lipinski definition) is 8. The van der Waals surface area contributed by atoms with Crippen molar-refractivity contribution in [3.63, 3.8) is 0 Å². The van der Waals surface area contributed by atoms with Gasteiger partial charge in [0.2, 0.25) is 5.13 Å². The van der Waals surface area contributed by atoms with Crippen molar-refractivity contribution < 1.29 is 14.5 Å². The molecule has 0 aliphatic heterocycles. The first-order valence-corrected chi connectivity index (χ1v) is 11.0. The fraction of sp³-hybridized carbons (Fsp3) is 0.125. The van der Waals surface area contributed by atoms with Crippen molar-refractivity contribution >= 4 is 50.2 Å². The molecule has 0 aliphatic carbocycles. The Morgan fingerprint density at radius 2 is 1.79 bits per heavy atom. The van der Waals surface area contributed by atoms with Gasteiger partial charge in [0.05, 0.1) is 28.5 Å². The summed E-state index contributed by atoms with van der Waals surface area (Å²) in [6.45, 7) is 0. The maximum atomic E-state index is 13.4. The summed E-state index contributed by atoms with van der Waals surface area (Å²) in [5.74, 6) is 0.337. The van der Waals surface area contributed by atoms with Crippen LogP contribution in [0, 0.1) is 10.1 Å². The Balaban J connectivity index is 1.72. The molecule has 0 bridgehead atoms. The smallest absolute Gasteiger partial charge is 0.280 e. The first-order valence-electron chi connectivity index (χ1n) is 10.2. The van der Waals surface area contributed by atoms with Crippen LogP contribution in [0.4, 0.5) is 16.5 Å². The van der Waals surface area contributed by atoms with Gasteiger partial charge < -0.3 is 9.64 Å². The highest BCUT2D eigenvalue weighted by Crippen LogP contribution is 2.32. The van der Waals surface area contributed by atoms with E-state index in [-0.39, 0.29) is 11.6 Å². The van der Waals surface area contributed by atoms with Crippen LogP contribution in [0.25, 0.3) is 10.2 Å². The summed E-state index contributed by atoms with van der Waals surface area (Å²) in [5, 5.41) is 16.9. The lowest BCUT2D eigenvalue weighted by molar-refractivity contribution is -0.384. The van der Waals surface area contributed by atoms with Gasteiger partial charge in [-0.1, -0.05) is 11.3 Å². The molecule has 3 aromatic carbocycles. The van der Waals surface area contributed by atoms with E-state index in [0.717, 1.165) is 10.4 Å². The van der Waals surface area contributed by atoms with Crippen molar-refractivity contribution in [2.75, 3.05) is 31.1 Å². The lowest BCUT2D eigenvalue weighted by Crippen LogP contribution is -2.25. The Bertz CT molecular complexity index is 1360. The maximum Gasteiger partial charge on any atom is 0.280 e. The third-order valence-corrected chi connectivity index (χ3v) is 6.01. The number of hydrogen-bond donors (Lipinski definition) is 0. The van der Waals surface area contributed by atoms with Crippen molar-refractivity contribution in [2.24, 2.45) is 5.10 Å². The molecule has 4 aromatic rings. The Kier molecular flexibility index (Phi) is 6.51. The van der Waals surface area contributed by atoms with Gasteiger partial charge in [-0.05, 0) is 60.2 Å². The SMILES string of the molecule is COc1ccc2nc(N(/N=C/c3ccc([N+](=O)[O-])cc3)C(=O)c3ccc(N(C)C)cc3)sc2c1. The monoisotopic (exact) mass is 475 g/mol. The van der Waals surface area contributed by atoms with Crippen LogP contribution < -0.4 is 14.6 Å². The van der Waals surface area contributed by atoms with Gasteiger partial charge in [0.1, 0.15) is 5.75 Å². The third kappa shape index (κ3) is 4.86. The molecule has 0 unspecified atom stereocenters. The topological polar surface area (TPSA) is 101 Å². The van der Waals surface area contributed by atoms with Gasteiger partial charge in [0.15, 0.2) is 0 Å². The number of ether oxygens (including phenoxy) is 1. The van der Waals surface area contributed by atoms with Crippen LogP contribution >= 0.6 is 11.3 Å². The molecule has 9 nitrogen and oxygen atoms in total. The molecular weight excluding hydrogens is 454 g/mol. The summed E-state index contributed by atoms with van der Waals surface area (Å²) >= 11 is 1.31. The molecule has 34 heavy (non-hydrogen) atoms. The van der Waals surface area contributed by atoms with Gasteiger partial charge in [-0.3, -0.25) is 14.9 Å². The van der Waals surface area contributed by atoms with Crippen molar-refractivity contribution in [1.29, 1.82) is 0 Å². The molecule has 1 aromatic heterocycles. The van der Waals surface area contributed by atoms with E-state index in [1.165, 1.54) is 34.7 Å². The summed E-state index contributed by atoms with van der Waals surface area (Å²) in [6, 6.07) is 18.6. The van der Waals surface area contributed by atoms with E-state index in [9.17, 15) is 14.9 Å². The minimum absolute atomic E-state index is 0.0221. The van der Waals surface area contributed by atoms with Crippen LogP contribution in [-0.4, -0.2) is 43.2 Å². The predicted molar refractivity (Wildman–Crippen MR) is 134 cm³/mol. The molecule has 0 N–H and O–H groups in total. The first kappa shape index (κ1) is 22.9. The first-order chi connectivity index (χ1) is 16.4. The molecular formula is C24H21N5O4S. The van der Waals surface area contributed by atoms with Crippen LogP contribution in [0.2, 0.25) is 0 Å². The average molecular weight is 476 g/mol. The number of thiazole rings is 1. The fourth-order valence-electron chi connectivity index (χ4n) is 3.13. The van der Waals surface area contributed by atoms with Gasteiger partial charge in [-0.25, -0.2) is 4.98 Å². The van der Waals surface area contributed by atoms with E-state index >= 15 is 0 Å². The molecule has 1 amide bonds. The average Bonchev–Trinajstić information content (AvgIpc) is 3.27. The summed E-state index contributed by atoms with van der Waals surface area (Å²) in [7, 11) is 5.44. The minimum Gasteiger partial charge on any atom is -0.497 e. The third-order valence-electron chi connectivity index (χ3n) is 5.01. The second-order valence-corrected chi connectivity index (χ2v) is 8.49. The number of rotatable bonds is 7. The van der Waals surface area contributed by atoms with E-state index in [1.54, 1.807) is 37.4 Å². The van der Waals surface area contributed by atoms with Crippen LogP contribution in [0.15, 0.2) is 71.8 Å². The number of aromatic nitrogens is 1. The summed E-state index contributed by atoms with van der Waals surface area (Å²) in [6.07, 6.45) is 1.47. The summed E-state index contributed by atoms with van der Waals surface area (Å²) < 4.78 is 6.14. The molecule has 172 valence electrons. The molecule has 0 aliphatic rings. The van der Waals surface area contributed by atoms with E-state index in [4.69, 9.17) is 4.74 Å². The number of fused-ring (bicyclic) bond motifs is 1. The Labute approximate surface area is 199 Å². The number of anilines is 2. The maximum absolute atomic E-state index is 13.4. The predicted octanol–water partition coefficient (Wildman–Crippen LogP) is 4.96. The number of carbonyl (C=O) groups is 1. The molecule has 0 saturated carbocycles. The second kappa shape index (κ2) is 9.67. The Morgan fingerprint density at radius 3 is 2.41 bits per heavy atom. The molecule has 4 rings (SSSR count). The molecule has 0 radical (unpaired) electrons. The van der Waals surface area contributed by atoms with Gasteiger partial charge >= 0.3 is 0 Å². The highest BCUT2D eigenvalue weighted by Gasteiger charge is 2.21. The zero-order chi connectivity index (χ0) is 24.2. The van der Waals surface area contributed by atoms with Crippen molar-refractivity contribution in [3.05, 3.63) is 88.0 Å². The normalized spacial score (nSPS) is 11.0. The molecule has 0 spiro atoms. The van der Waals surface area contributed by atoms with Crippen LogP contribution in [0.3, 0.4) is 0 Å². The van der Waals surface area contributed by atoms with Gasteiger partial charge in [-0.15, -0.1) is 0 Å². The van der Waals surface area contributed by atoms with E-state index in [1.807, 2.05) is 43.3 Å². The molecule has 0 atom stereocenters. The largest absolute Gasteiger partial charge is 0.497 e. The molecule has 0 fully saturated rings. The van der Waals surface area contributed by atoms with Crippen molar-refractivity contribution in [2.45, 2.75) is 0 Å². The lowest BCUT2D eigenvalue weighted by Gasteiger charge is -2.16. The number of hydrazone groups is 1. The number of amides is 1. The Hall–Kier alpha value is -4.31. The minimum atomic E-state index is -0.469.